The summed E-state index contributed by atoms with van der Waals surface area (Å²) in [5.74, 6) is 0.671. The number of imidazole rings is 1. The van der Waals surface area contributed by atoms with Crippen molar-refractivity contribution in [1.29, 1.82) is 0 Å². The first-order valence-corrected chi connectivity index (χ1v) is 6.19. The Morgan fingerprint density at radius 2 is 2.11 bits per heavy atom. The molecule has 2 aromatic heterocycles. The first-order valence-electron chi connectivity index (χ1n) is 5.21. The van der Waals surface area contributed by atoms with E-state index in [2.05, 4.69) is 15.0 Å². The lowest BCUT2D eigenvalue weighted by molar-refractivity contribution is -0.138. The average molecular weight is 273 g/mol. The third kappa shape index (κ3) is 2.66. The van der Waals surface area contributed by atoms with Crippen LogP contribution in [-0.4, -0.2) is 20.7 Å². The van der Waals surface area contributed by atoms with Crippen molar-refractivity contribution in [3.05, 3.63) is 30.4 Å². The second-order valence-corrected chi connectivity index (χ2v) is 4.77. The van der Waals surface area contributed by atoms with E-state index in [0.717, 1.165) is 12.3 Å². The highest BCUT2D eigenvalue weighted by Crippen LogP contribution is 2.35. The molecule has 0 saturated heterocycles. The van der Waals surface area contributed by atoms with Crippen LogP contribution in [0, 0.1) is 0 Å². The van der Waals surface area contributed by atoms with Crippen molar-refractivity contribution >= 4 is 11.8 Å². The maximum atomic E-state index is 12.6. The van der Waals surface area contributed by atoms with Crippen molar-refractivity contribution in [3.8, 4) is 11.4 Å². The molecule has 2 rings (SSSR count). The topological polar surface area (TPSA) is 41.6 Å². The second-order valence-electron chi connectivity index (χ2n) is 3.47. The van der Waals surface area contributed by atoms with Gasteiger partial charge in [-0.2, -0.15) is 13.2 Å². The van der Waals surface area contributed by atoms with Gasteiger partial charge in [0.15, 0.2) is 0 Å². The van der Waals surface area contributed by atoms with E-state index in [1.54, 1.807) is 0 Å². The molecule has 0 aliphatic carbocycles. The molecule has 0 fully saturated rings. The van der Waals surface area contributed by atoms with Gasteiger partial charge in [0.05, 0.1) is 23.8 Å². The monoisotopic (exact) mass is 273 g/mol. The van der Waals surface area contributed by atoms with Gasteiger partial charge < -0.3 is 4.98 Å². The highest BCUT2D eigenvalue weighted by atomic mass is 32.2. The van der Waals surface area contributed by atoms with Gasteiger partial charge in [-0.05, 0) is 11.8 Å². The van der Waals surface area contributed by atoms with Crippen molar-refractivity contribution in [1.82, 2.24) is 15.0 Å². The summed E-state index contributed by atoms with van der Waals surface area (Å²) in [4.78, 5) is 11.1. The maximum absolute atomic E-state index is 12.6. The zero-order valence-corrected chi connectivity index (χ0v) is 10.3. The number of nitrogens with one attached hydrogen (secondary N) is 1. The van der Waals surface area contributed by atoms with Crippen molar-refractivity contribution < 1.29 is 13.2 Å². The molecule has 0 aromatic carbocycles. The lowest BCUT2D eigenvalue weighted by Gasteiger charge is -2.10. The summed E-state index contributed by atoms with van der Waals surface area (Å²) in [7, 11) is 0. The number of hydrogen-bond donors (Lipinski definition) is 1. The second kappa shape index (κ2) is 5.01. The molecule has 1 N–H and O–H groups in total. The molecular weight excluding hydrogens is 263 g/mol. The van der Waals surface area contributed by atoms with Gasteiger partial charge in [-0.3, -0.25) is 4.98 Å². The van der Waals surface area contributed by atoms with Crippen LogP contribution in [0.4, 0.5) is 13.2 Å². The number of alkyl halides is 3. The van der Waals surface area contributed by atoms with Gasteiger partial charge in [0.2, 0.25) is 0 Å². The van der Waals surface area contributed by atoms with E-state index in [9.17, 15) is 13.2 Å². The molecule has 0 radical (unpaired) electrons. The molecule has 7 heteroatoms. The molecule has 0 aliphatic heterocycles. The van der Waals surface area contributed by atoms with Crippen LogP contribution < -0.4 is 0 Å². The van der Waals surface area contributed by atoms with E-state index in [1.807, 2.05) is 6.92 Å². The number of hydrogen-bond acceptors (Lipinski definition) is 3. The summed E-state index contributed by atoms with van der Waals surface area (Å²) in [5.41, 5.74) is 0.369. The van der Waals surface area contributed by atoms with Gasteiger partial charge >= 0.3 is 6.18 Å². The molecule has 0 unspecified atom stereocenters. The summed E-state index contributed by atoms with van der Waals surface area (Å²) in [6.07, 6.45) is -0.525. The highest BCUT2D eigenvalue weighted by molar-refractivity contribution is 7.99. The number of H-pyrrole nitrogens is 1. The summed E-state index contributed by atoms with van der Waals surface area (Å²) in [6.45, 7) is 1.88. The number of rotatable bonds is 3. The normalized spacial score (nSPS) is 11.8. The van der Waals surface area contributed by atoms with E-state index in [0.29, 0.717) is 22.0 Å². The number of pyridine rings is 1. The molecule has 3 nitrogen and oxygen atoms in total. The van der Waals surface area contributed by atoms with E-state index < -0.39 is 11.7 Å². The van der Waals surface area contributed by atoms with E-state index in [-0.39, 0.29) is 0 Å². The molecule has 0 saturated carbocycles. The summed E-state index contributed by atoms with van der Waals surface area (Å²) < 4.78 is 37.8. The first kappa shape index (κ1) is 12.9. The van der Waals surface area contributed by atoms with Crippen molar-refractivity contribution in [2.45, 2.75) is 18.0 Å². The van der Waals surface area contributed by atoms with E-state index in [4.69, 9.17) is 0 Å². The van der Waals surface area contributed by atoms with Gasteiger partial charge in [0.1, 0.15) is 5.69 Å². The van der Waals surface area contributed by atoms with Crippen LogP contribution in [0.25, 0.3) is 11.4 Å². The number of halogens is 3. The fourth-order valence-electron chi connectivity index (χ4n) is 1.45. The molecule has 0 aliphatic rings. The zero-order chi connectivity index (χ0) is 13.2. The van der Waals surface area contributed by atoms with Gasteiger partial charge in [-0.25, -0.2) is 4.98 Å². The van der Waals surface area contributed by atoms with Gasteiger partial charge in [-0.1, -0.05) is 6.92 Å². The van der Waals surface area contributed by atoms with Crippen LogP contribution in [0.2, 0.25) is 0 Å². The number of nitrogens with zero attached hydrogens (tertiary/aromatic N) is 2. The molecule has 0 atom stereocenters. The minimum atomic E-state index is -4.37. The highest BCUT2D eigenvalue weighted by Gasteiger charge is 2.31. The number of aromatic nitrogens is 3. The van der Waals surface area contributed by atoms with Crippen LogP contribution in [0.15, 0.2) is 29.7 Å². The quantitative estimate of drug-likeness (QED) is 0.869. The number of thioether (sulfide) groups is 1. The van der Waals surface area contributed by atoms with Gasteiger partial charge in [0.25, 0.3) is 0 Å². The lowest BCUT2D eigenvalue weighted by Crippen LogP contribution is -2.06. The standard InChI is InChI=1S/C11H10F3N3S/c1-2-18-9-3-7(11(12,13)14)4-16-10(9)8-5-15-6-17-8/h3-6H,2H2,1H3,(H,15,17). The maximum Gasteiger partial charge on any atom is 0.417 e. The predicted molar refractivity (Wildman–Crippen MR) is 63.2 cm³/mol. The molecule has 96 valence electrons. The van der Waals surface area contributed by atoms with Crippen LogP contribution in [0.3, 0.4) is 0 Å². The van der Waals surface area contributed by atoms with Gasteiger partial charge in [-0.15, -0.1) is 11.8 Å². The van der Waals surface area contributed by atoms with E-state index >= 15 is 0 Å². The Morgan fingerprint density at radius 1 is 1.33 bits per heavy atom. The Balaban J connectivity index is 2.48. The molecule has 2 heterocycles. The summed E-state index contributed by atoms with van der Waals surface area (Å²) in [5, 5.41) is 0. The largest absolute Gasteiger partial charge is 0.417 e. The van der Waals surface area contributed by atoms with Crippen LogP contribution in [-0.2, 0) is 6.18 Å². The van der Waals surface area contributed by atoms with Crippen LogP contribution >= 0.6 is 11.8 Å². The molecular formula is C11H10F3N3S. The third-order valence-corrected chi connectivity index (χ3v) is 3.14. The van der Waals surface area contributed by atoms with Crippen molar-refractivity contribution in [2.24, 2.45) is 0 Å². The fourth-order valence-corrected chi connectivity index (χ4v) is 2.27. The Hall–Kier alpha value is -1.50. The third-order valence-electron chi connectivity index (χ3n) is 2.23. The minimum absolute atomic E-state index is 0.493. The zero-order valence-electron chi connectivity index (χ0n) is 9.45. The molecule has 2 aromatic rings. The number of aromatic amines is 1. The lowest BCUT2D eigenvalue weighted by atomic mass is 10.2. The SMILES string of the molecule is CCSc1cc(C(F)(F)F)cnc1-c1cnc[nH]1. The fraction of sp³-hybridized carbons (Fsp3) is 0.273. The average Bonchev–Trinajstić information content (AvgIpc) is 2.81. The predicted octanol–water partition coefficient (Wildman–Crippen LogP) is 3.60. The Labute approximate surface area is 106 Å². The Kier molecular flexibility index (Phi) is 3.60. The summed E-state index contributed by atoms with van der Waals surface area (Å²) >= 11 is 1.32. The van der Waals surface area contributed by atoms with E-state index in [1.165, 1.54) is 24.3 Å². The van der Waals surface area contributed by atoms with Gasteiger partial charge in [0, 0.05) is 11.1 Å². The Bertz CT molecular complexity index is 523. The van der Waals surface area contributed by atoms with Crippen molar-refractivity contribution in [3.63, 3.8) is 0 Å². The van der Waals surface area contributed by atoms with Crippen molar-refractivity contribution in [2.75, 3.05) is 5.75 Å². The minimum Gasteiger partial charge on any atom is -0.343 e. The summed E-state index contributed by atoms with van der Waals surface area (Å²) in [6, 6.07) is 1.12. The Morgan fingerprint density at radius 3 is 2.67 bits per heavy atom. The molecule has 0 bridgehead atoms. The van der Waals surface area contributed by atoms with Crippen LogP contribution in [0.1, 0.15) is 12.5 Å². The molecule has 0 amide bonds. The molecule has 18 heavy (non-hydrogen) atoms. The van der Waals surface area contributed by atoms with Crippen LogP contribution in [0.5, 0.6) is 0 Å². The first-order chi connectivity index (χ1) is 8.52. The smallest absolute Gasteiger partial charge is 0.343 e. The molecule has 0 spiro atoms.